The molecule has 0 atom stereocenters. The van der Waals surface area contributed by atoms with Crippen molar-refractivity contribution in [2.45, 2.75) is 232 Å². The number of carboxylic acid groups (broad SMARTS) is 1. The zero-order valence-corrected chi connectivity index (χ0v) is 54.6. The fourth-order valence-electron chi connectivity index (χ4n) is 11.7. The largest absolute Gasteiger partial charge is 1.00 e. The van der Waals surface area contributed by atoms with E-state index in [4.69, 9.17) is 54.3 Å². The Hall–Kier alpha value is -6.22. The molecule has 0 unspecified atom stereocenters. The number of Topliss-reactive ketones (excluding diaryl/α,β-unsaturated/α-hetero) is 4. The number of carbonyl (C=O) groups is 10. The number of benzene rings is 2. The summed E-state index contributed by atoms with van der Waals surface area (Å²) in [6.07, 6.45) is 31.5. The van der Waals surface area contributed by atoms with E-state index in [1.54, 1.807) is 43.3 Å². The van der Waals surface area contributed by atoms with Gasteiger partial charge in [-0.2, -0.15) is 0 Å². The van der Waals surface area contributed by atoms with Crippen LogP contribution in [-0.2, 0) is 52.7 Å². The molecule has 8 rings (SSSR count). The summed E-state index contributed by atoms with van der Waals surface area (Å²) >= 11 is 5.32. The van der Waals surface area contributed by atoms with Gasteiger partial charge in [-0.05, 0) is 120 Å². The number of esters is 1. The predicted octanol–water partition coefficient (Wildman–Crippen LogP) is 8.78. The van der Waals surface area contributed by atoms with Gasteiger partial charge in [-0.3, -0.25) is 58.4 Å². The summed E-state index contributed by atoms with van der Waals surface area (Å²) < 4.78 is 4.74. The van der Waals surface area contributed by atoms with Gasteiger partial charge in [-0.15, -0.1) is 0 Å². The Kier molecular flexibility index (Phi) is 47.8. The Morgan fingerprint density at radius 1 is 0.462 bits per heavy atom. The number of para-hydroxylation sites is 4. The second-order valence-electron chi connectivity index (χ2n) is 23.7. The number of hydrogen-bond donors (Lipinski definition) is 10. The summed E-state index contributed by atoms with van der Waals surface area (Å²) in [6.45, 7) is 2.11. The van der Waals surface area contributed by atoms with Gasteiger partial charge in [0.15, 0.2) is 0 Å². The molecular weight excluding hydrogens is 1190 g/mol. The van der Waals surface area contributed by atoms with Crippen LogP contribution in [0.5, 0.6) is 0 Å². The van der Waals surface area contributed by atoms with Crippen LogP contribution >= 0.6 is 11.6 Å². The normalized spacial score (nSPS) is 17.1. The van der Waals surface area contributed by atoms with Crippen LogP contribution in [0.25, 0.3) is 0 Å². The number of oxime groups is 1. The monoisotopic (exact) mass is 1290 g/mol. The van der Waals surface area contributed by atoms with Crippen molar-refractivity contribution in [2.75, 3.05) is 29.1 Å². The number of ketones is 4. The second-order valence-corrected chi connectivity index (χ2v) is 24.1. The van der Waals surface area contributed by atoms with E-state index in [1.807, 2.05) is 12.1 Å². The molecule has 2 aromatic rings. The molecule has 2 aromatic carbocycles. The van der Waals surface area contributed by atoms with Crippen molar-refractivity contribution in [3.63, 3.8) is 0 Å². The number of nitrogens with one attached hydrogen (secondary N) is 3. The molecule has 25 heteroatoms. The fraction of sp³-hybridized carbons (Fsp3) is 0.652. The van der Waals surface area contributed by atoms with Gasteiger partial charge < -0.3 is 43.0 Å². The van der Waals surface area contributed by atoms with E-state index in [0.29, 0.717) is 35.1 Å². The number of halogens is 1. The first-order chi connectivity index (χ1) is 42.7. The Bertz CT molecular complexity index is 2480. The van der Waals surface area contributed by atoms with Gasteiger partial charge >= 0.3 is 30.8 Å². The number of ether oxygens (including phenoxy) is 1. The minimum atomic E-state index is -0.995. The fourth-order valence-corrected chi connectivity index (χ4v) is 11.9. The zero-order chi connectivity index (χ0) is 65.8. The average Bonchev–Trinajstić information content (AvgIpc) is 3.57. The molecule has 14 N–H and O–H groups in total. The first-order valence-electron chi connectivity index (χ1n) is 32.2. The number of hydrogen-bond acceptors (Lipinski definition) is 19. The van der Waals surface area contributed by atoms with E-state index in [0.717, 1.165) is 141 Å². The summed E-state index contributed by atoms with van der Waals surface area (Å²) in [5.41, 5.74) is 22.4. The maximum Gasteiger partial charge on any atom is 1.00 e. The maximum atomic E-state index is 12.0. The molecule has 91 heavy (non-hydrogen) atoms. The molecule has 506 valence electrons. The summed E-state index contributed by atoms with van der Waals surface area (Å²) in [5.74, 6) is -2.09. The number of aliphatic carboxylic acids is 1. The van der Waals surface area contributed by atoms with Gasteiger partial charge in [0.25, 0.3) is 5.91 Å². The van der Waals surface area contributed by atoms with Crippen molar-refractivity contribution >= 4 is 98.1 Å². The molecule has 23 nitrogen and oxygen atoms in total. The first kappa shape index (κ1) is 84.8. The van der Waals surface area contributed by atoms with Crippen molar-refractivity contribution in [3.05, 3.63) is 48.5 Å². The third kappa shape index (κ3) is 38.4. The summed E-state index contributed by atoms with van der Waals surface area (Å²) in [7, 11) is 0. The van der Waals surface area contributed by atoms with Crippen molar-refractivity contribution in [1.29, 1.82) is 0 Å². The van der Waals surface area contributed by atoms with Crippen LogP contribution in [0.4, 0.5) is 22.7 Å². The molecule has 0 heterocycles. The van der Waals surface area contributed by atoms with Gasteiger partial charge in [-0.25, -0.2) is 11.0 Å². The standard InChI is InChI=1S/C15H20N2O2.C11H18O3.C9H16N2O3.C9H15NO3.C9H14O3.C7H11ClO.C6H8N2.Li.H2O/c16-12-8-4-5-9-13(12)17-15(19)10-14(18)11-6-2-1-3-7-11;1-2-14-11(13)8-10(12)9-6-4-3-5-7-9;12-9(11-14)6-8(10-13)7-4-2-1-3-5-7;11-8(6-9(12)10-13)7-4-2-1-3-5-7;10-8(6-9(11)12)7-4-2-1-3-5-7;8-7(9)6-4-2-1-3-5-6;7-5-3-1-2-4-6(5)8;;/h4-5,8-9,11H,1-3,6-7,10,16H2,(H,17,19);9H,2-8H2,1H3;7,13-14H,1-6H2,(H,11,12);7,13H,1-6H2,(H,10,12);7H,1-6H2,(H,11,12);6H,1-5H2;1-4H,7-8H2;;1H2/q;;;;;;;+1;/p-1. The maximum absolute atomic E-state index is 12.0. The van der Waals surface area contributed by atoms with Crippen LogP contribution in [-0.4, -0.2) is 96.6 Å². The Morgan fingerprint density at radius 2 is 0.769 bits per heavy atom. The molecule has 0 radical (unpaired) electrons. The number of anilines is 4. The average molecular weight is 1290 g/mol. The van der Waals surface area contributed by atoms with Crippen LogP contribution < -0.4 is 52.3 Å². The predicted molar refractivity (Wildman–Crippen MR) is 343 cm³/mol. The van der Waals surface area contributed by atoms with Crippen LogP contribution in [0.1, 0.15) is 232 Å². The number of nitrogens with two attached hydrogens (primary N) is 3. The van der Waals surface area contributed by atoms with Crippen molar-refractivity contribution in [3.8, 4) is 0 Å². The van der Waals surface area contributed by atoms with Crippen molar-refractivity contribution in [2.24, 2.45) is 40.7 Å². The van der Waals surface area contributed by atoms with Crippen LogP contribution in [0.15, 0.2) is 53.7 Å². The minimum absolute atomic E-state index is 0. The number of nitrogen functional groups attached to an aromatic ring is 3. The van der Waals surface area contributed by atoms with Crippen LogP contribution in [0.2, 0.25) is 0 Å². The SMILES string of the molecule is CCOC(=O)CC(=O)C1CCCCC1.Nc1ccccc1N.Nc1ccccc1NC(=O)CC(=O)C1CCCCC1.O=C(CC(=NO)C1CCCCC1)NO.O=C(CC(=O)C1CCCCC1)NO.O=C(Cl)C1CCCCC1.O=C(O)CC(=O)C1CCCCC1.[Li+].[OH-]. The van der Waals surface area contributed by atoms with E-state index in [1.165, 1.54) is 62.3 Å². The van der Waals surface area contributed by atoms with Gasteiger partial charge in [-0.1, -0.05) is 145 Å². The molecule has 6 fully saturated rings. The van der Waals surface area contributed by atoms with E-state index in [9.17, 15) is 47.9 Å². The Balaban J connectivity index is 0.00000105. The Morgan fingerprint density at radius 3 is 1.08 bits per heavy atom. The molecule has 3 amide bonds. The molecule has 0 saturated heterocycles. The van der Waals surface area contributed by atoms with Crippen LogP contribution in [0, 0.1) is 35.5 Å². The first-order valence-corrected chi connectivity index (χ1v) is 32.6. The minimum Gasteiger partial charge on any atom is -0.870 e. The second kappa shape index (κ2) is 51.3. The number of carboxylic acids is 1. The molecule has 0 spiro atoms. The number of amides is 3. The number of carbonyl (C=O) groups excluding carboxylic acids is 9. The van der Waals surface area contributed by atoms with Crippen LogP contribution in [0.3, 0.4) is 0 Å². The summed E-state index contributed by atoms with van der Waals surface area (Å²) in [5, 5.41) is 39.4. The molecule has 0 aromatic heterocycles. The van der Waals surface area contributed by atoms with Gasteiger partial charge in [0.1, 0.15) is 36.0 Å². The number of nitrogens with zero attached hydrogens (tertiary/aromatic N) is 1. The third-order valence-electron chi connectivity index (χ3n) is 16.8. The van der Waals surface area contributed by atoms with Crippen molar-refractivity contribution < 1.29 is 97.7 Å². The quantitative estimate of drug-likeness (QED) is 0.00766. The molecular formula is C66H103ClLiN7O16. The Labute approximate surface area is 554 Å². The van der Waals surface area contributed by atoms with E-state index in [-0.39, 0.29) is 132 Å². The van der Waals surface area contributed by atoms with Crippen molar-refractivity contribution in [1.82, 2.24) is 11.0 Å². The molecule has 6 saturated carbocycles. The molecule has 6 aliphatic carbocycles. The van der Waals surface area contributed by atoms with E-state index < -0.39 is 17.8 Å². The number of rotatable bonds is 18. The molecule has 0 bridgehead atoms. The topological polar surface area (TPSA) is 417 Å². The van der Waals surface area contributed by atoms with E-state index >= 15 is 0 Å². The molecule has 6 aliphatic rings. The summed E-state index contributed by atoms with van der Waals surface area (Å²) in [4.78, 5) is 111. The zero-order valence-electron chi connectivity index (χ0n) is 53.8. The van der Waals surface area contributed by atoms with Gasteiger partial charge in [0, 0.05) is 35.5 Å². The molecule has 0 aliphatic heterocycles. The van der Waals surface area contributed by atoms with Gasteiger partial charge in [0.2, 0.25) is 17.1 Å². The smallest absolute Gasteiger partial charge is 0.870 e. The third-order valence-corrected chi connectivity index (χ3v) is 17.1. The van der Waals surface area contributed by atoms with Gasteiger partial charge in [0.05, 0.1) is 54.3 Å². The van der Waals surface area contributed by atoms with E-state index in [2.05, 4.69) is 10.5 Å². The summed E-state index contributed by atoms with van der Waals surface area (Å²) in [6, 6.07) is 14.3. The number of hydroxylamine groups is 2.